The van der Waals surface area contributed by atoms with Crippen molar-refractivity contribution >= 4 is 17.2 Å². The summed E-state index contributed by atoms with van der Waals surface area (Å²) < 4.78 is 0. The summed E-state index contributed by atoms with van der Waals surface area (Å²) in [5.41, 5.74) is 6.09. The van der Waals surface area contributed by atoms with Crippen LogP contribution in [-0.2, 0) is 0 Å². The molecule has 0 saturated heterocycles. The summed E-state index contributed by atoms with van der Waals surface area (Å²) in [6.45, 7) is 4.12. The lowest BCUT2D eigenvalue weighted by Crippen LogP contribution is -2.25. The Kier molecular flexibility index (Phi) is 5.54. The number of thiazole rings is 1. The van der Waals surface area contributed by atoms with E-state index in [1.807, 2.05) is 6.92 Å². The van der Waals surface area contributed by atoms with Crippen LogP contribution < -0.4 is 11.1 Å². The lowest BCUT2D eigenvalue weighted by atomic mass is 10.2. The first-order valence-corrected chi connectivity index (χ1v) is 6.56. The lowest BCUT2D eigenvalue weighted by Gasteiger charge is -2.05. The van der Waals surface area contributed by atoms with E-state index in [9.17, 15) is 4.79 Å². The minimum absolute atomic E-state index is 0.142. The summed E-state index contributed by atoms with van der Waals surface area (Å²) in [6.07, 6.45) is 1.12. The summed E-state index contributed by atoms with van der Waals surface area (Å²) in [5, 5.41) is 14.3. The summed E-state index contributed by atoms with van der Waals surface area (Å²) >= 11 is 1.39. The second-order valence-electron chi connectivity index (χ2n) is 4.11. The van der Waals surface area contributed by atoms with Crippen molar-refractivity contribution in [1.29, 1.82) is 0 Å². The van der Waals surface area contributed by atoms with E-state index in [1.165, 1.54) is 11.3 Å². The number of aliphatic hydroxyl groups excluding tert-OH is 1. The minimum Gasteiger partial charge on any atom is -0.393 e. The Bertz CT molecular complexity index is 363. The van der Waals surface area contributed by atoms with E-state index in [0.717, 1.165) is 11.4 Å². The number of aromatic nitrogens is 1. The quantitative estimate of drug-likeness (QED) is 0.665. The van der Waals surface area contributed by atoms with Crippen LogP contribution in [0, 0.1) is 0 Å². The van der Waals surface area contributed by atoms with Gasteiger partial charge in [0, 0.05) is 11.9 Å². The molecule has 0 bridgehead atoms. The minimum atomic E-state index is -0.323. The van der Waals surface area contributed by atoms with Gasteiger partial charge >= 0.3 is 0 Å². The van der Waals surface area contributed by atoms with Gasteiger partial charge in [-0.25, -0.2) is 4.98 Å². The molecular formula is C11H19N3O2S. The van der Waals surface area contributed by atoms with Crippen molar-refractivity contribution in [3.63, 3.8) is 0 Å². The van der Waals surface area contributed by atoms with E-state index < -0.39 is 0 Å². The van der Waals surface area contributed by atoms with Crippen molar-refractivity contribution in [2.75, 3.05) is 6.54 Å². The monoisotopic (exact) mass is 257 g/mol. The molecule has 4 N–H and O–H groups in total. The molecule has 1 amide bonds. The SMILES string of the molecule is CC(O)CCCNC(=O)c1csc(C(C)N)n1. The molecule has 0 aliphatic rings. The molecule has 1 heterocycles. The highest BCUT2D eigenvalue weighted by molar-refractivity contribution is 7.09. The zero-order valence-corrected chi connectivity index (χ0v) is 11.0. The van der Waals surface area contributed by atoms with Crippen LogP contribution in [0.3, 0.4) is 0 Å². The third kappa shape index (κ3) is 4.80. The Morgan fingerprint density at radius 3 is 2.88 bits per heavy atom. The molecule has 0 aliphatic carbocycles. The third-order valence-corrected chi connectivity index (χ3v) is 3.27. The predicted octanol–water partition coefficient (Wildman–Crippen LogP) is 1.05. The smallest absolute Gasteiger partial charge is 0.270 e. The highest BCUT2D eigenvalue weighted by Crippen LogP contribution is 2.15. The van der Waals surface area contributed by atoms with E-state index in [-0.39, 0.29) is 18.1 Å². The number of nitrogens with zero attached hydrogens (tertiary/aromatic N) is 1. The van der Waals surface area contributed by atoms with Crippen molar-refractivity contribution in [1.82, 2.24) is 10.3 Å². The number of nitrogens with one attached hydrogen (secondary N) is 1. The Labute approximate surface area is 105 Å². The molecule has 0 saturated carbocycles. The van der Waals surface area contributed by atoms with Crippen molar-refractivity contribution in [2.45, 2.75) is 38.8 Å². The van der Waals surface area contributed by atoms with Crippen LogP contribution in [0.2, 0.25) is 0 Å². The molecule has 1 aromatic heterocycles. The number of hydrogen-bond acceptors (Lipinski definition) is 5. The Morgan fingerprint density at radius 2 is 2.35 bits per heavy atom. The van der Waals surface area contributed by atoms with Gasteiger partial charge in [-0.3, -0.25) is 4.79 Å². The predicted molar refractivity (Wildman–Crippen MR) is 68.0 cm³/mol. The summed E-state index contributed by atoms with van der Waals surface area (Å²) in [5.74, 6) is -0.182. The summed E-state index contributed by atoms with van der Waals surface area (Å²) in [7, 11) is 0. The Balaban J connectivity index is 2.36. The van der Waals surface area contributed by atoms with Gasteiger partial charge in [0.05, 0.1) is 12.1 Å². The highest BCUT2D eigenvalue weighted by atomic mass is 32.1. The molecule has 6 heteroatoms. The van der Waals surface area contributed by atoms with Crippen molar-refractivity contribution in [3.05, 3.63) is 16.1 Å². The molecule has 0 fully saturated rings. The maximum atomic E-state index is 11.7. The molecule has 96 valence electrons. The van der Waals surface area contributed by atoms with Crippen molar-refractivity contribution < 1.29 is 9.90 Å². The first-order valence-electron chi connectivity index (χ1n) is 5.68. The van der Waals surface area contributed by atoms with E-state index in [4.69, 9.17) is 10.8 Å². The van der Waals surface area contributed by atoms with E-state index in [2.05, 4.69) is 10.3 Å². The first-order chi connectivity index (χ1) is 8.00. The molecule has 1 rings (SSSR count). The number of hydrogen-bond donors (Lipinski definition) is 3. The average molecular weight is 257 g/mol. The van der Waals surface area contributed by atoms with Gasteiger partial charge < -0.3 is 16.2 Å². The molecule has 2 unspecified atom stereocenters. The topological polar surface area (TPSA) is 88.2 Å². The van der Waals surface area contributed by atoms with Crippen molar-refractivity contribution in [3.8, 4) is 0 Å². The van der Waals surface area contributed by atoms with Gasteiger partial charge in [-0.2, -0.15) is 0 Å². The average Bonchev–Trinajstić information content (AvgIpc) is 2.73. The standard InChI is InChI=1S/C11H19N3O2S/c1-7(15)4-3-5-13-10(16)9-6-17-11(14-9)8(2)12/h6-8,15H,3-5,12H2,1-2H3,(H,13,16). The summed E-state index contributed by atoms with van der Waals surface area (Å²) in [4.78, 5) is 15.8. The second-order valence-corrected chi connectivity index (χ2v) is 5.00. The van der Waals surface area contributed by atoms with Crippen LogP contribution in [0.1, 0.15) is 48.2 Å². The second kappa shape index (κ2) is 6.68. The zero-order valence-electron chi connectivity index (χ0n) is 10.1. The number of carbonyl (C=O) groups excluding carboxylic acids is 1. The number of amides is 1. The van der Waals surface area contributed by atoms with Crippen LogP contribution in [0.4, 0.5) is 0 Å². The molecule has 1 aromatic rings. The van der Waals surface area contributed by atoms with Crippen LogP contribution in [0.5, 0.6) is 0 Å². The number of rotatable bonds is 6. The molecule has 5 nitrogen and oxygen atoms in total. The van der Waals surface area contributed by atoms with Gasteiger partial charge in [0.2, 0.25) is 0 Å². The van der Waals surface area contributed by atoms with Crippen LogP contribution >= 0.6 is 11.3 Å². The number of aliphatic hydroxyl groups is 1. The number of carbonyl (C=O) groups is 1. The van der Waals surface area contributed by atoms with E-state index >= 15 is 0 Å². The molecule has 17 heavy (non-hydrogen) atoms. The highest BCUT2D eigenvalue weighted by Gasteiger charge is 2.12. The van der Waals surface area contributed by atoms with Gasteiger partial charge in [0.15, 0.2) is 0 Å². The fraction of sp³-hybridized carbons (Fsp3) is 0.636. The lowest BCUT2D eigenvalue weighted by molar-refractivity contribution is 0.0945. The van der Waals surface area contributed by atoms with E-state index in [0.29, 0.717) is 18.7 Å². The van der Waals surface area contributed by atoms with Gasteiger partial charge in [0.1, 0.15) is 10.7 Å². The fourth-order valence-electron chi connectivity index (χ4n) is 1.29. The zero-order chi connectivity index (χ0) is 12.8. The molecule has 0 aromatic carbocycles. The Morgan fingerprint density at radius 1 is 1.65 bits per heavy atom. The molecule has 0 radical (unpaired) electrons. The fourth-order valence-corrected chi connectivity index (χ4v) is 2.05. The van der Waals surface area contributed by atoms with Crippen LogP contribution in [0.25, 0.3) is 0 Å². The Hall–Kier alpha value is -0.980. The molecular weight excluding hydrogens is 238 g/mol. The first kappa shape index (κ1) is 14.1. The van der Waals surface area contributed by atoms with Gasteiger partial charge in [-0.15, -0.1) is 11.3 Å². The maximum absolute atomic E-state index is 11.7. The molecule has 0 spiro atoms. The molecule has 0 aliphatic heterocycles. The van der Waals surface area contributed by atoms with Gasteiger partial charge in [0.25, 0.3) is 5.91 Å². The van der Waals surface area contributed by atoms with Crippen molar-refractivity contribution in [2.24, 2.45) is 5.73 Å². The summed E-state index contributed by atoms with van der Waals surface area (Å²) in [6, 6.07) is -0.142. The largest absolute Gasteiger partial charge is 0.393 e. The maximum Gasteiger partial charge on any atom is 0.270 e. The molecule has 2 atom stereocenters. The van der Waals surface area contributed by atoms with Crippen LogP contribution in [0.15, 0.2) is 5.38 Å². The van der Waals surface area contributed by atoms with Gasteiger partial charge in [-0.1, -0.05) is 0 Å². The van der Waals surface area contributed by atoms with Gasteiger partial charge in [-0.05, 0) is 26.7 Å². The third-order valence-electron chi connectivity index (χ3n) is 2.23. The number of nitrogens with two attached hydrogens (primary N) is 1. The van der Waals surface area contributed by atoms with E-state index in [1.54, 1.807) is 12.3 Å². The van der Waals surface area contributed by atoms with Crippen LogP contribution in [-0.4, -0.2) is 28.6 Å². The normalized spacial score (nSPS) is 14.4.